The molecule has 21 heavy (non-hydrogen) atoms. The minimum absolute atomic E-state index is 0.193. The summed E-state index contributed by atoms with van der Waals surface area (Å²) in [5, 5.41) is 12.7. The molecule has 0 aliphatic carbocycles. The Labute approximate surface area is 129 Å². The van der Waals surface area contributed by atoms with Crippen molar-refractivity contribution in [1.29, 1.82) is 0 Å². The molecule has 1 aromatic carbocycles. The Morgan fingerprint density at radius 2 is 2.24 bits per heavy atom. The summed E-state index contributed by atoms with van der Waals surface area (Å²) in [7, 11) is 0. The second-order valence-electron chi connectivity index (χ2n) is 4.64. The average molecular weight is 348 g/mol. The summed E-state index contributed by atoms with van der Waals surface area (Å²) in [6.45, 7) is 0. The van der Waals surface area contributed by atoms with Crippen molar-refractivity contribution in [3.05, 3.63) is 57.4 Å². The third-order valence-corrected chi connectivity index (χ3v) is 3.83. The Hall–Kier alpha value is -2.08. The number of aliphatic imine (C=N–C) groups is 1. The molecule has 0 atom stereocenters. The highest BCUT2D eigenvalue weighted by molar-refractivity contribution is 9.10. The number of aromatic nitrogens is 1. The van der Waals surface area contributed by atoms with Gasteiger partial charge in [0.15, 0.2) is 5.82 Å². The highest BCUT2D eigenvalue weighted by atomic mass is 79.9. The molecule has 1 aliphatic rings. The molecular formula is C15H11BrFN3O. The molecule has 0 bridgehead atoms. The van der Waals surface area contributed by atoms with E-state index in [0.29, 0.717) is 23.5 Å². The molecule has 0 fully saturated rings. The molecular weight excluding hydrogens is 337 g/mol. The lowest BCUT2D eigenvalue weighted by Gasteiger charge is -2.10. The van der Waals surface area contributed by atoms with Gasteiger partial charge in [0.2, 0.25) is 0 Å². The molecule has 4 nitrogen and oxygen atoms in total. The summed E-state index contributed by atoms with van der Waals surface area (Å²) < 4.78 is 14.6. The van der Waals surface area contributed by atoms with Crippen LogP contribution in [-0.2, 0) is 12.8 Å². The number of nitrogens with zero attached hydrogens (tertiary/aromatic N) is 3. The van der Waals surface area contributed by atoms with Crippen LogP contribution in [-0.4, -0.2) is 22.1 Å². The Balaban J connectivity index is 1.98. The van der Waals surface area contributed by atoms with Gasteiger partial charge in [-0.3, -0.25) is 0 Å². The number of rotatable bonds is 3. The molecule has 1 aliphatic heterocycles. The van der Waals surface area contributed by atoms with Crippen LogP contribution in [0, 0.1) is 5.82 Å². The first kappa shape index (κ1) is 13.9. The quantitative estimate of drug-likeness (QED) is 0.523. The average Bonchev–Trinajstić information content (AvgIpc) is 2.96. The van der Waals surface area contributed by atoms with Crippen LogP contribution in [0.15, 0.2) is 45.1 Å². The van der Waals surface area contributed by atoms with Gasteiger partial charge in [-0.1, -0.05) is 21.1 Å². The predicted molar refractivity (Wildman–Crippen MR) is 82.2 cm³/mol. The second-order valence-corrected chi connectivity index (χ2v) is 5.55. The Bertz CT molecular complexity index is 759. The first-order valence-corrected chi connectivity index (χ1v) is 7.14. The zero-order valence-electron chi connectivity index (χ0n) is 10.9. The molecule has 1 aromatic heterocycles. The minimum Gasteiger partial charge on any atom is -0.411 e. The molecule has 0 unspecified atom stereocenters. The molecule has 0 spiro atoms. The SMILES string of the molecule is O/N=C(\Cc1cc(Br)ccc1F)c1ccnc2c1CC=N2. The number of benzene rings is 1. The van der Waals surface area contributed by atoms with E-state index >= 15 is 0 Å². The van der Waals surface area contributed by atoms with Crippen molar-refractivity contribution >= 4 is 33.7 Å². The largest absolute Gasteiger partial charge is 0.411 e. The zero-order chi connectivity index (χ0) is 14.8. The summed E-state index contributed by atoms with van der Waals surface area (Å²) in [5.41, 5.74) is 2.51. The van der Waals surface area contributed by atoms with Crippen molar-refractivity contribution in [2.75, 3.05) is 0 Å². The van der Waals surface area contributed by atoms with E-state index in [0.717, 1.165) is 15.6 Å². The first-order valence-electron chi connectivity index (χ1n) is 6.34. The molecule has 0 saturated heterocycles. The van der Waals surface area contributed by atoms with E-state index in [-0.39, 0.29) is 12.2 Å². The lowest BCUT2D eigenvalue weighted by Crippen LogP contribution is -2.10. The predicted octanol–water partition coefficient (Wildman–Crippen LogP) is 3.66. The maximum absolute atomic E-state index is 13.9. The molecule has 0 radical (unpaired) electrons. The van der Waals surface area contributed by atoms with Gasteiger partial charge in [0.25, 0.3) is 0 Å². The number of pyridine rings is 1. The van der Waals surface area contributed by atoms with Gasteiger partial charge in [0.1, 0.15) is 5.82 Å². The smallest absolute Gasteiger partial charge is 0.155 e. The monoisotopic (exact) mass is 347 g/mol. The third kappa shape index (κ3) is 2.71. The number of oxime groups is 1. The standard InChI is InChI=1S/C15H11BrFN3O/c16-10-1-2-13(17)9(7-10)8-14(20-21)11-3-5-18-15-12(11)4-6-19-15/h1-3,5-7,21H,4,8H2/b20-14+. The molecule has 0 amide bonds. The Morgan fingerprint density at radius 3 is 3.05 bits per heavy atom. The molecule has 3 rings (SSSR count). The maximum atomic E-state index is 13.9. The van der Waals surface area contributed by atoms with Crippen molar-refractivity contribution in [2.24, 2.45) is 10.1 Å². The summed E-state index contributed by atoms with van der Waals surface area (Å²) >= 11 is 3.32. The topological polar surface area (TPSA) is 57.8 Å². The second kappa shape index (κ2) is 5.73. The van der Waals surface area contributed by atoms with Gasteiger partial charge < -0.3 is 5.21 Å². The minimum atomic E-state index is -0.332. The van der Waals surface area contributed by atoms with Gasteiger partial charge >= 0.3 is 0 Å². The van der Waals surface area contributed by atoms with E-state index in [2.05, 4.69) is 31.1 Å². The van der Waals surface area contributed by atoms with Crippen molar-refractivity contribution < 1.29 is 9.60 Å². The van der Waals surface area contributed by atoms with Crippen molar-refractivity contribution in [1.82, 2.24) is 4.98 Å². The van der Waals surface area contributed by atoms with E-state index in [9.17, 15) is 9.60 Å². The summed E-state index contributed by atoms with van der Waals surface area (Å²) in [4.78, 5) is 8.32. The number of fused-ring (bicyclic) bond motifs is 1. The summed E-state index contributed by atoms with van der Waals surface area (Å²) in [6.07, 6.45) is 4.20. The van der Waals surface area contributed by atoms with E-state index in [1.54, 1.807) is 30.6 Å². The number of hydrogen-bond donors (Lipinski definition) is 1. The Morgan fingerprint density at radius 1 is 1.38 bits per heavy atom. The van der Waals surface area contributed by atoms with Gasteiger partial charge in [-0.15, -0.1) is 0 Å². The molecule has 1 N–H and O–H groups in total. The normalized spacial score (nSPS) is 13.5. The van der Waals surface area contributed by atoms with Crippen molar-refractivity contribution in [3.63, 3.8) is 0 Å². The zero-order valence-corrected chi connectivity index (χ0v) is 12.5. The fraction of sp³-hybridized carbons (Fsp3) is 0.133. The van der Waals surface area contributed by atoms with Crippen LogP contribution in [0.1, 0.15) is 16.7 Å². The molecule has 6 heteroatoms. The number of hydrogen-bond acceptors (Lipinski definition) is 4. The van der Waals surface area contributed by atoms with Gasteiger partial charge in [-0.2, -0.15) is 0 Å². The molecule has 0 saturated carbocycles. The highest BCUT2D eigenvalue weighted by Gasteiger charge is 2.18. The molecule has 106 valence electrons. The van der Waals surface area contributed by atoms with E-state index in [1.165, 1.54) is 6.07 Å². The van der Waals surface area contributed by atoms with Crippen LogP contribution >= 0.6 is 15.9 Å². The van der Waals surface area contributed by atoms with Crippen molar-refractivity contribution in [3.8, 4) is 0 Å². The molecule has 2 aromatic rings. The third-order valence-electron chi connectivity index (χ3n) is 3.34. The van der Waals surface area contributed by atoms with E-state index < -0.39 is 0 Å². The van der Waals surface area contributed by atoms with Crippen LogP contribution < -0.4 is 0 Å². The lowest BCUT2D eigenvalue weighted by molar-refractivity contribution is 0.318. The fourth-order valence-corrected chi connectivity index (χ4v) is 2.74. The van der Waals surface area contributed by atoms with Gasteiger partial charge in [0.05, 0.1) is 5.71 Å². The van der Waals surface area contributed by atoms with Gasteiger partial charge in [-0.05, 0) is 29.8 Å². The van der Waals surface area contributed by atoms with Crippen LogP contribution in [0.4, 0.5) is 10.2 Å². The summed E-state index contributed by atoms with van der Waals surface area (Å²) in [6, 6.07) is 6.46. The van der Waals surface area contributed by atoms with Crippen LogP contribution in [0.25, 0.3) is 0 Å². The van der Waals surface area contributed by atoms with Crippen LogP contribution in [0.5, 0.6) is 0 Å². The lowest BCUT2D eigenvalue weighted by atomic mass is 9.98. The van der Waals surface area contributed by atoms with Gasteiger partial charge in [0, 0.05) is 40.9 Å². The van der Waals surface area contributed by atoms with E-state index in [1.807, 2.05) is 0 Å². The first-order chi connectivity index (χ1) is 10.2. The highest BCUT2D eigenvalue weighted by Crippen LogP contribution is 2.26. The van der Waals surface area contributed by atoms with Gasteiger partial charge in [-0.25, -0.2) is 14.4 Å². The maximum Gasteiger partial charge on any atom is 0.155 e. The summed E-state index contributed by atoms with van der Waals surface area (Å²) in [5.74, 6) is 0.296. The van der Waals surface area contributed by atoms with Crippen LogP contribution in [0.2, 0.25) is 0 Å². The van der Waals surface area contributed by atoms with E-state index in [4.69, 9.17) is 0 Å². The molecule has 2 heterocycles. The fourth-order valence-electron chi connectivity index (χ4n) is 2.33. The van der Waals surface area contributed by atoms with Crippen LogP contribution in [0.3, 0.4) is 0 Å². The Kier molecular flexibility index (Phi) is 3.79. The van der Waals surface area contributed by atoms with Crippen molar-refractivity contribution in [2.45, 2.75) is 12.8 Å². The number of halogens is 2.